The Kier molecular flexibility index (Phi) is 5.51. The molecule has 3 rings (SSSR count). The summed E-state index contributed by atoms with van der Waals surface area (Å²) in [6.45, 7) is 7.33. The van der Waals surface area contributed by atoms with E-state index in [1.54, 1.807) is 25.4 Å². The Bertz CT molecular complexity index is 1020. The predicted molar refractivity (Wildman–Crippen MR) is 110 cm³/mol. The molecule has 0 radical (unpaired) electrons. The summed E-state index contributed by atoms with van der Waals surface area (Å²) in [5.41, 5.74) is 2.96. The first kappa shape index (κ1) is 19.7. The van der Waals surface area contributed by atoms with Gasteiger partial charge in [-0.15, -0.1) is 0 Å². The first-order valence-corrected chi connectivity index (χ1v) is 9.84. The van der Waals surface area contributed by atoms with E-state index in [1.165, 1.54) is 12.1 Å². The molecule has 0 aliphatic heterocycles. The van der Waals surface area contributed by atoms with Gasteiger partial charge in [0.15, 0.2) is 0 Å². The second-order valence-electron chi connectivity index (χ2n) is 7.08. The third-order valence-corrected chi connectivity index (χ3v) is 5.72. The van der Waals surface area contributed by atoms with Crippen LogP contribution >= 0.6 is 11.6 Å². The van der Waals surface area contributed by atoms with E-state index in [4.69, 9.17) is 11.6 Å². The third-order valence-electron chi connectivity index (χ3n) is 3.94. The largest absolute Gasteiger partial charge is 0.591 e. The minimum absolute atomic E-state index is 0.224. The molecule has 1 aromatic carbocycles. The zero-order valence-electron chi connectivity index (χ0n) is 15.5. The van der Waals surface area contributed by atoms with Crippen LogP contribution in [-0.4, -0.2) is 25.0 Å². The van der Waals surface area contributed by atoms with Gasteiger partial charge in [0.25, 0.3) is 0 Å². The number of pyridine rings is 2. The van der Waals surface area contributed by atoms with Crippen LogP contribution < -0.4 is 0 Å². The van der Waals surface area contributed by atoms with Crippen LogP contribution in [0.3, 0.4) is 0 Å². The lowest BCUT2D eigenvalue weighted by atomic mass is 9.97. The van der Waals surface area contributed by atoms with Gasteiger partial charge in [0.2, 0.25) is 0 Å². The molecule has 4 nitrogen and oxygen atoms in total. The van der Waals surface area contributed by atoms with Crippen molar-refractivity contribution >= 4 is 39.6 Å². The molecule has 0 amide bonds. The van der Waals surface area contributed by atoms with E-state index in [2.05, 4.69) is 14.4 Å². The van der Waals surface area contributed by atoms with E-state index >= 15 is 0 Å². The molecular weight excluding hydrogens is 385 g/mol. The van der Waals surface area contributed by atoms with Gasteiger partial charge < -0.3 is 4.55 Å². The highest BCUT2D eigenvalue weighted by Gasteiger charge is 2.27. The van der Waals surface area contributed by atoms with Gasteiger partial charge in [-0.2, -0.15) is 0 Å². The maximum Gasteiger partial charge on any atom is 0.144 e. The van der Waals surface area contributed by atoms with Crippen molar-refractivity contribution in [3.63, 3.8) is 0 Å². The minimum atomic E-state index is -1.44. The number of benzene rings is 1. The Labute approximate surface area is 165 Å². The molecule has 0 aliphatic carbocycles. The fourth-order valence-electron chi connectivity index (χ4n) is 2.60. The lowest BCUT2D eigenvalue weighted by Crippen LogP contribution is -2.26. The molecule has 0 fully saturated rings. The van der Waals surface area contributed by atoms with Gasteiger partial charge >= 0.3 is 0 Å². The van der Waals surface area contributed by atoms with E-state index < -0.39 is 21.9 Å². The molecule has 140 valence electrons. The van der Waals surface area contributed by atoms with Crippen LogP contribution in [0.2, 0.25) is 5.02 Å². The van der Waals surface area contributed by atoms with Gasteiger partial charge in [-0.3, -0.25) is 9.97 Å². The predicted octanol–water partition coefficient (Wildman–Crippen LogP) is 5.36. The molecule has 0 saturated heterocycles. The number of hydrogen-bond acceptors (Lipinski definition) is 4. The Hall–Kier alpha value is -2.02. The smallest absolute Gasteiger partial charge is 0.144 e. The summed E-state index contributed by atoms with van der Waals surface area (Å²) in [4.78, 5) is 8.80. The van der Waals surface area contributed by atoms with Gasteiger partial charge in [0, 0.05) is 28.9 Å². The second kappa shape index (κ2) is 7.54. The SMILES string of the molecule is C/C(=N\[S+]([O-])C(C)(C)C)c1cnc2c(Cl)cc(F)cc2c1-c1ccccn1. The van der Waals surface area contributed by atoms with E-state index in [-0.39, 0.29) is 5.02 Å². The second-order valence-corrected chi connectivity index (χ2v) is 9.40. The summed E-state index contributed by atoms with van der Waals surface area (Å²) in [6, 6.07) is 8.09. The standard InChI is InChI=1S/C20H19ClFN3OS/c1-12(25-27(26)20(2,3)4)15-11-24-19-14(9-13(22)10-16(19)21)18(15)17-7-5-6-8-23-17/h5-11H,1-4H3/b25-12+. The Balaban J connectivity index is 2.32. The zero-order chi connectivity index (χ0) is 19.8. The van der Waals surface area contributed by atoms with Crippen molar-refractivity contribution in [2.75, 3.05) is 0 Å². The van der Waals surface area contributed by atoms with Crippen LogP contribution in [0.25, 0.3) is 22.2 Å². The van der Waals surface area contributed by atoms with Crippen molar-refractivity contribution < 1.29 is 8.94 Å². The van der Waals surface area contributed by atoms with Gasteiger partial charge in [-0.1, -0.05) is 22.1 Å². The lowest BCUT2D eigenvalue weighted by Gasteiger charge is -2.19. The van der Waals surface area contributed by atoms with E-state index in [0.29, 0.717) is 33.4 Å². The molecule has 0 saturated carbocycles. The number of hydrogen-bond donors (Lipinski definition) is 0. The molecule has 27 heavy (non-hydrogen) atoms. The third kappa shape index (κ3) is 4.13. The van der Waals surface area contributed by atoms with Crippen LogP contribution in [0.5, 0.6) is 0 Å². The zero-order valence-corrected chi connectivity index (χ0v) is 17.0. The molecule has 1 atom stereocenters. The lowest BCUT2D eigenvalue weighted by molar-refractivity contribution is 0.561. The summed E-state index contributed by atoms with van der Waals surface area (Å²) >= 11 is 4.76. The first-order valence-electron chi connectivity index (χ1n) is 8.35. The fraction of sp³-hybridized carbons (Fsp3) is 0.250. The van der Waals surface area contributed by atoms with Crippen molar-refractivity contribution in [3.8, 4) is 11.3 Å². The normalized spacial score (nSPS) is 13.8. The van der Waals surface area contributed by atoms with Crippen molar-refractivity contribution in [2.45, 2.75) is 32.4 Å². The fourth-order valence-corrected chi connectivity index (χ4v) is 3.47. The maximum absolute atomic E-state index is 14.1. The average Bonchev–Trinajstić information content (AvgIpc) is 2.60. The van der Waals surface area contributed by atoms with Gasteiger partial charge in [-0.25, -0.2) is 4.39 Å². The number of rotatable bonds is 3. The Morgan fingerprint density at radius 2 is 1.96 bits per heavy atom. The number of halogens is 2. The first-order chi connectivity index (χ1) is 12.7. The van der Waals surface area contributed by atoms with Crippen molar-refractivity contribution in [3.05, 3.63) is 59.1 Å². The molecule has 0 spiro atoms. The number of fused-ring (bicyclic) bond motifs is 1. The Morgan fingerprint density at radius 3 is 2.59 bits per heavy atom. The average molecular weight is 404 g/mol. The maximum atomic E-state index is 14.1. The van der Waals surface area contributed by atoms with Crippen LogP contribution in [0.15, 0.2) is 47.1 Å². The van der Waals surface area contributed by atoms with Crippen molar-refractivity contribution in [2.24, 2.45) is 4.40 Å². The van der Waals surface area contributed by atoms with E-state index in [9.17, 15) is 8.94 Å². The van der Waals surface area contributed by atoms with Crippen LogP contribution in [0.1, 0.15) is 33.3 Å². The number of aromatic nitrogens is 2. The van der Waals surface area contributed by atoms with Gasteiger partial charge in [0.05, 0.1) is 21.9 Å². The highest BCUT2D eigenvalue weighted by molar-refractivity contribution is 7.91. The number of nitrogens with zero attached hydrogens (tertiary/aromatic N) is 3. The molecule has 7 heteroatoms. The van der Waals surface area contributed by atoms with E-state index in [0.717, 1.165) is 0 Å². The molecule has 2 heterocycles. The topological polar surface area (TPSA) is 61.2 Å². The molecular formula is C20H19ClFN3OS. The summed E-state index contributed by atoms with van der Waals surface area (Å²) in [7, 11) is 0. The molecule has 0 N–H and O–H groups in total. The molecule has 3 aromatic rings. The summed E-state index contributed by atoms with van der Waals surface area (Å²) in [6.07, 6.45) is 3.28. The molecule has 0 aliphatic rings. The molecule has 1 unspecified atom stereocenters. The molecule has 0 bridgehead atoms. The summed E-state index contributed by atoms with van der Waals surface area (Å²) in [5.74, 6) is -0.462. The van der Waals surface area contributed by atoms with Gasteiger partial charge in [0.1, 0.15) is 21.9 Å². The summed E-state index contributed by atoms with van der Waals surface area (Å²) < 4.78 is 30.4. The van der Waals surface area contributed by atoms with Crippen LogP contribution in [0, 0.1) is 5.82 Å². The van der Waals surface area contributed by atoms with Crippen molar-refractivity contribution in [1.29, 1.82) is 0 Å². The van der Waals surface area contributed by atoms with E-state index in [1.807, 2.05) is 32.9 Å². The summed E-state index contributed by atoms with van der Waals surface area (Å²) in [5, 5.41) is 0.758. The highest BCUT2D eigenvalue weighted by atomic mass is 35.5. The van der Waals surface area contributed by atoms with Crippen LogP contribution in [-0.2, 0) is 11.4 Å². The van der Waals surface area contributed by atoms with Crippen LogP contribution in [0.4, 0.5) is 4.39 Å². The monoisotopic (exact) mass is 403 g/mol. The highest BCUT2D eigenvalue weighted by Crippen LogP contribution is 2.34. The quantitative estimate of drug-likeness (QED) is 0.436. The van der Waals surface area contributed by atoms with Crippen molar-refractivity contribution in [1.82, 2.24) is 9.97 Å². The molecule has 2 aromatic heterocycles. The van der Waals surface area contributed by atoms with Gasteiger partial charge in [-0.05, 0) is 52.0 Å². The minimum Gasteiger partial charge on any atom is -0.591 e. The Morgan fingerprint density at radius 1 is 1.22 bits per heavy atom.